The lowest BCUT2D eigenvalue weighted by atomic mass is 10.3. The van der Waals surface area contributed by atoms with Crippen LogP contribution in [0.3, 0.4) is 0 Å². The Morgan fingerprint density at radius 1 is 0.567 bits per heavy atom. The number of nitrogens with zero attached hydrogens (tertiary/aromatic N) is 2. The lowest BCUT2D eigenvalue weighted by Crippen LogP contribution is -2.59. The maximum absolute atomic E-state index is 5.89. The molecule has 0 heterocycles. The summed E-state index contributed by atoms with van der Waals surface area (Å²) >= 11 is 0. The number of hydrogen-bond acceptors (Lipinski definition) is 4. The van der Waals surface area contributed by atoms with Crippen molar-refractivity contribution >= 4 is 33.5 Å². The quantitative estimate of drug-likeness (QED) is 0.174. The first-order chi connectivity index (χ1) is 13.7. The average Bonchev–Trinajstić information content (AvgIpc) is 2.54. The SMILES string of the molecule is C[Si](C)CN(CCCOCCCCOCCCN([Si](C)(C)C)[Si](C)(C)C)[Si](C)(C)C. The van der Waals surface area contributed by atoms with Gasteiger partial charge >= 0.3 is 0 Å². The van der Waals surface area contributed by atoms with Crippen LogP contribution in [-0.2, 0) is 9.47 Å². The zero-order valence-corrected chi connectivity index (χ0v) is 26.5. The van der Waals surface area contributed by atoms with Crippen molar-refractivity contribution in [3.63, 3.8) is 0 Å². The van der Waals surface area contributed by atoms with Gasteiger partial charge in [-0.2, -0.15) is 0 Å². The van der Waals surface area contributed by atoms with Crippen molar-refractivity contribution < 1.29 is 9.47 Å². The molecule has 4 nitrogen and oxygen atoms in total. The highest BCUT2D eigenvalue weighted by molar-refractivity contribution is 6.89. The predicted molar refractivity (Wildman–Crippen MR) is 146 cm³/mol. The molecule has 0 bridgehead atoms. The highest BCUT2D eigenvalue weighted by atomic mass is 28.4. The molecule has 0 rings (SSSR count). The van der Waals surface area contributed by atoms with Gasteiger partial charge in [0.2, 0.25) is 0 Å². The van der Waals surface area contributed by atoms with Gasteiger partial charge in [-0.15, -0.1) is 0 Å². The van der Waals surface area contributed by atoms with Crippen LogP contribution in [-0.4, -0.2) is 88.0 Å². The molecule has 0 N–H and O–H groups in total. The Kier molecular flexibility index (Phi) is 15.1. The zero-order chi connectivity index (χ0) is 23.4. The first-order valence-corrected chi connectivity index (χ1v) is 25.2. The molecule has 0 fully saturated rings. The first-order valence-electron chi connectivity index (χ1n) is 12.1. The maximum atomic E-state index is 5.89. The Bertz CT molecular complexity index is 418. The van der Waals surface area contributed by atoms with E-state index in [0.717, 1.165) is 45.7 Å². The Morgan fingerprint density at radius 2 is 0.967 bits per heavy atom. The largest absolute Gasteiger partial charge is 0.381 e. The van der Waals surface area contributed by atoms with Crippen LogP contribution in [0, 0.1) is 0 Å². The second kappa shape index (κ2) is 14.8. The van der Waals surface area contributed by atoms with Gasteiger partial charge in [0, 0.05) is 26.4 Å². The third-order valence-electron chi connectivity index (χ3n) is 5.29. The van der Waals surface area contributed by atoms with Crippen molar-refractivity contribution in [1.29, 1.82) is 0 Å². The molecule has 0 atom stereocenters. The second-order valence-corrected chi connectivity index (χ2v) is 29.8. The smallest absolute Gasteiger partial charge is 0.118 e. The fourth-order valence-electron chi connectivity index (χ4n) is 4.00. The Hall–Kier alpha value is 0.708. The van der Waals surface area contributed by atoms with Crippen LogP contribution in [0.4, 0.5) is 0 Å². The first kappa shape index (κ1) is 30.7. The van der Waals surface area contributed by atoms with E-state index in [1.165, 1.54) is 25.7 Å². The summed E-state index contributed by atoms with van der Waals surface area (Å²) in [4.78, 5) is 0. The van der Waals surface area contributed by atoms with Gasteiger partial charge < -0.3 is 18.3 Å². The molecule has 8 heteroatoms. The fraction of sp³-hybridized carbons (Fsp3) is 1.00. The minimum absolute atomic E-state index is 0.191. The van der Waals surface area contributed by atoms with Gasteiger partial charge in [0.05, 0.1) is 8.80 Å². The molecule has 0 aliphatic rings. The van der Waals surface area contributed by atoms with E-state index in [1.807, 2.05) is 0 Å². The Morgan fingerprint density at radius 3 is 1.33 bits per heavy atom. The summed E-state index contributed by atoms with van der Waals surface area (Å²) in [7, 11) is -3.82. The van der Waals surface area contributed by atoms with Crippen LogP contribution in [0.1, 0.15) is 25.7 Å². The normalized spacial score (nSPS) is 13.8. The number of ether oxygens (including phenoxy) is 2. The highest BCUT2D eigenvalue weighted by Crippen LogP contribution is 2.19. The molecule has 0 aromatic carbocycles. The molecule has 0 saturated heterocycles. The molecular weight excluding hydrogens is 437 g/mol. The molecule has 0 amide bonds. The highest BCUT2D eigenvalue weighted by Gasteiger charge is 2.33. The van der Waals surface area contributed by atoms with Gasteiger partial charge in [-0.05, 0) is 44.9 Å². The third-order valence-corrected chi connectivity index (χ3v) is 16.6. The van der Waals surface area contributed by atoms with Crippen LogP contribution in [0.5, 0.6) is 0 Å². The summed E-state index contributed by atoms with van der Waals surface area (Å²) in [5, 5.41) is 0. The third kappa shape index (κ3) is 15.5. The van der Waals surface area contributed by atoms with Gasteiger partial charge in [-0.25, -0.2) is 0 Å². The fourth-order valence-corrected chi connectivity index (χ4v) is 18.3. The van der Waals surface area contributed by atoms with Crippen LogP contribution in [0.25, 0.3) is 0 Å². The molecule has 0 aliphatic carbocycles. The molecule has 0 spiro atoms. The number of hydrogen-bond donors (Lipinski definition) is 0. The van der Waals surface area contributed by atoms with E-state index >= 15 is 0 Å². The summed E-state index contributed by atoms with van der Waals surface area (Å²) in [6, 6.07) is 0. The van der Waals surface area contributed by atoms with Crippen molar-refractivity contribution in [3.05, 3.63) is 0 Å². The predicted octanol–water partition coefficient (Wildman–Crippen LogP) is 5.98. The minimum atomic E-state index is -1.22. The number of unbranched alkanes of at least 4 members (excludes halogenated alkanes) is 1. The van der Waals surface area contributed by atoms with E-state index < -0.39 is 24.7 Å². The molecule has 0 unspecified atom stereocenters. The van der Waals surface area contributed by atoms with Crippen molar-refractivity contribution in [2.45, 2.75) is 97.7 Å². The van der Waals surface area contributed by atoms with Crippen molar-refractivity contribution in [2.75, 3.05) is 45.7 Å². The summed E-state index contributed by atoms with van der Waals surface area (Å²) in [5.74, 6) is 0. The topological polar surface area (TPSA) is 24.9 Å². The second-order valence-electron chi connectivity index (χ2n) is 11.9. The van der Waals surface area contributed by atoms with Crippen molar-refractivity contribution in [2.24, 2.45) is 0 Å². The lowest BCUT2D eigenvalue weighted by molar-refractivity contribution is 0.0985. The van der Waals surface area contributed by atoms with Gasteiger partial charge in [-0.1, -0.05) is 72.0 Å². The summed E-state index contributed by atoms with van der Waals surface area (Å²) in [6.45, 7) is 33.1. The maximum Gasteiger partial charge on any atom is 0.118 e. The molecule has 0 aromatic heterocycles. The van der Waals surface area contributed by atoms with E-state index in [4.69, 9.17) is 9.47 Å². The van der Waals surface area contributed by atoms with Gasteiger partial charge in [0.15, 0.2) is 0 Å². The molecule has 1 radical (unpaired) electrons. The molecule has 0 aromatic rings. The van der Waals surface area contributed by atoms with E-state index in [0.29, 0.717) is 0 Å². The van der Waals surface area contributed by atoms with E-state index in [2.05, 4.69) is 80.8 Å². The van der Waals surface area contributed by atoms with Gasteiger partial charge in [-0.3, -0.25) is 0 Å². The van der Waals surface area contributed by atoms with Crippen LogP contribution >= 0.6 is 0 Å². The van der Waals surface area contributed by atoms with E-state index in [9.17, 15) is 0 Å². The van der Waals surface area contributed by atoms with E-state index in [1.54, 1.807) is 0 Å². The van der Waals surface area contributed by atoms with Gasteiger partial charge in [0.1, 0.15) is 24.7 Å². The summed E-state index contributed by atoms with van der Waals surface area (Å²) in [6.07, 6.45) is 5.89. The van der Waals surface area contributed by atoms with E-state index in [-0.39, 0.29) is 8.80 Å². The molecule has 181 valence electrons. The zero-order valence-electron chi connectivity index (χ0n) is 22.5. The van der Waals surface area contributed by atoms with Crippen LogP contribution in [0.15, 0.2) is 0 Å². The molecular formula is C22H55N2O2Si4. The molecule has 0 saturated carbocycles. The average molecular weight is 492 g/mol. The van der Waals surface area contributed by atoms with Crippen LogP contribution < -0.4 is 0 Å². The summed E-state index contributed by atoms with van der Waals surface area (Å²) < 4.78 is 17.4. The standard InChI is InChI=1S/C22H55N2O2Si4/c1-27(2)22-23(28(3,4)5)16-14-20-25-18-12-13-19-26-21-15-17-24(29(6,7)8)30(9,10)11/h12-22H2,1-11H3. The van der Waals surface area contributed by atoms with Crippen LogP contribution in [0.2, 0.25) is 72.0 Å². The summed E-state index contributed by atoms with van der Waals surface area (Å²) in [5.41, 5.74) is 0. The van der Waals surface area contributed by atoms with Crippen molar-refractivity contribution in [1.82, 2.24) is 8.80 Å². The van der Waals surface area contributed by atoms with Crippen molar-refractivity contribution in [3.8, 4) is 0 Å². The molecule has 0 aliphatic heterocycles. The minimum Gasteiger partial charge on any atom is -0.381 e. The molecule has 30 heavy (non-hydrogen) atoms. The lowest BCUT2D eigenvalue weighted by Gasteiger charge is -2.43. The number of rotatable bonds is 18. The monoisotopic (exact) mass is 491 g/mol. The Balaban J connectivity index is 3.73. The van der Waals surface area contributed by atoms with Gasteiger partial charge in [0.25, 0.3) is 0 Å². The Labute approximate surface area is 195 Å².